The number of rotatable bonds is 12. The summed E-state index contributed by atoms with van der Waals surface area (Å²) in [5.74, 6) is 1.83. The van der Waals surface area contributed by atoms with Crippen LogP contribution in [0.5, 0.6) is 5.75 Å². The summed E-state index contributed by atoms with van der Waals surface area (Å²) in [5.41, 5.74) is 10.1. The lowest BCUT2D eigenvalue weighted by Gasteiger charge is -2.12. The van der Waals surface area contributed by atoms with Crippen molar-refractivity contribution in [2.24, 2.45) is 0 Å². The fourth-order valence-corrected chi connectivity index (χ4v) is 4.34. The number of carbonyl (C=O) groups excluding carboxylic acids is 1. The Bertz CT molecular complexity index is 1330. The van der Waals surface area contributed by atoms with Crippen LogP contribution >= 0.6 is 0 Å². The molecular formula is C28H35N5O3. The third kappa shape index (κ3) is 6.12. The molecule has 0 fully saturated rings. The first-order valence-electron chi connectivity index (χ1n) is 12.6. The number of hydrogen-bond donors (Lipinski definition) is 2. The Hall–Kier alpha value is -3.65. The number of fused-ring (bicyclic) bond motifs is 3. The molecule has 190 valence electrons. The molecule has 3 N–H and O–H groups in total. The maximum absolute atomic E-state index is 11.7. The minimum atomic E-state index is -0.367. The van der Waals surface area contributed by atoms with Gasteiger partial charge in [0.25, 0.3) is 0 Å². The minimum Gasteiger partial charge on any atom is -0.482 e. The molecule has 8 nitrogen and oxygen atoms in total. The Morgan fingerprint density at radius 1 is 1.14 bits per heavy atom. The number of carbonyl (C=O) groups is 1. The zero-order chi connectivity index (χ0) is 25.5. The lowest BCUT2D eigenvalue weighted by molar-refractivity contribution is -0.149. The third-order valence-electron chi connectivity index (χ3n) is 5.85. The van der Waals surface area contributed by atoms with Gasteiger partial charge in [0, 0.05) is 24.9 Å². The number of anilines is 1. The molecule has 0 saturated heterocycles. The quantitative estimate of drug-likeness (QED) is 0.221. The molecule has 0 aliphatic heterocycles. The lowest BCUT2D eigenvalue weighted by atomic mass is 10.2. The van der Waals surface area contributed by atoms with Gasteiger partial charge in [0.1, 0.15) is 17.1 Å². The number of ether oxygens (including phenoxy) is 2. The number of esters is 1. The van der Waals surface area contributed by atoms with Crippen molar-refractivity contribution in [2.75, 3.05) is 18.9 Å². The summed E-state index contributed by atoms with van der Waals surface area (Å²) in [7, 11) is 0. The summed E-state index contributed by atoms with van der Waals surface area (Å²) >= 11 is 0. The van der Waals surface area contributed by atoms with Crippen LogP contribution in [0.4, 0.5) is 5.82 Å². The van der Waals surface area contributed by atoms with Gasteiger partial charge in [-0.1, -0.05) is 37.3 Å². The molecule has 0 aliphatic rings. The first kappa shape index (κ1) is 25.4. The second-order valence-electron chi connectivity index (χ2n) is 9.15. The molecule has 2 aromatic heterocycles. The second-order valence-corrected chi connectivity index (χ2v) is 9.15. The monoisotopic (exact) mass is 489 g/mol. The SMILES string of the molecule is CCCc1nc2c(N)nc3ccccc3c2n1CCCNCc1cccc(OCC(=O)OC(C)C)c1. The minimum absolute atomic E-state index is 0.0945. The fourth-order valence-electron chi connectivity index (χ4n) is 4.34. The molecule has 0 spiro atoms. The first-order chi connectivity index (χ1) is 17.5. The Balaban J connectivity index is 1.37. The topological polar surface area (TPSA) is 104 Å². The van der Waals surface area contributed by atoms with Gasteiger partial charge in [0.15, 0.2) is 12.4 Å². The summed E-state index contributed by atoms with van der Waals surface area (Å²) in [6, 6.07) is 15.9. The number of benzene rings is 2. The lowest BCUT2D eigenvalue weighted by Crippen LogP contribution is -2.19. The van der Waals surface area contributed by atoms with E-state index in [1.165, 1.54) is 0 Å². The van der Waals surface area contributed by atoms with E-state index >= 15 is 0 Å². The molecule has 8 heteroatoms. The van der Waals surface area contributed by atoms with Crippen LogP contribution in [0.15, 0.2) is 48.5 Å². The number of nitrogens with one attached hydrogen (secondary N) is 1. The van der Waals surface area contributed by atoms with E-state index in [-0.39, 0.29) is 18.7 Å². The summed E-state index contributed by atoms with van der Waals surface area (Å²) in [6.07, 6.45) is 2.70. The normalized spacial score (nSPS) is 11.4. The van der Waals surface area contributed by atoms with E-state index in [1.54, 1.807) is 0 Å². The van der Waals surface area contributed by atoms with Crippen molar-refractivity contribution in [3.8, 4) is 5.75 Å². The van der Waals surface area contributed by atoms with Crippen LogP contribution in [0.25, 0.3) is 21.9 Å². The molecule has 0 radical (unpaired) electrons. The zero-order valence-corrected chi connectivity index (χ0v) is 21.3. The Kier molecular flexibility index (Phi) is 8.38. The maximum atomic E-state index is 11.7. The number of aryl methyl sites for hydroxylation is 2. The molecule has 0 bridgehead atoms. The van der Waals surface area contributed by atoms with Crippen LogP contribution in [0.3, 0.4) is 0 Å². The van der Waals surface area contributed by atoms with Crippen molar-refractivity contribution in [1.29, 1.82) is 0 Å². The average Bonchev–Trinajstić information content (AvgIpc) is 3.22. The molecule has 0 saturated carbocycles. The van der Waals surface area contributed by atoms with Gasteiger partial charge >= 0.3 is 5.97 Å². The first-order valence-corrected chi connectivity index (χ1v) is 12.6. The highest BCUT2D eigenvalue weighted by atomic mass is 16.6. The summed E-state index contributed by atoms with van der Waals surface area (Å²) in [5, 5.41) is 4.59. The van der Waals surface area contributed by atoms with Gasteiger partial charge in [-0.2, -0.15) is 0 Å². The fraction of sp³-hybridized carbons (Fsp3) is 0.393. The predicted octanol–water partition coefficient (Wildman–Crippen LogP) is 4.63. The van der Waals surface area contributed by atoms with E-state index in [0.717, 1.165) is 65.7 Å². The molecule has 0 amide bonds. The van der Waals surface area contributed by atoms with Crippen molar-refractivity contribution >= 4 is 33.7 Å². The number of nitrogens with two attached hydrogens (primary N) is 1. The van der Waals surface area contributed by atoms with Gasteiger partial charge in [-0.05, 0) is 57.0 Å². The highest BCUT2D eigenvalue weighted by Crippen LogP contribution is 2.29. The second kappa shape index (κ2) is 11.9. The van der Waals surface area contributed by atoms with Crippen molar-refractivity contribution in [3.05, 3.63) is 59.9 Å². The van der Waals surface area contributed by atoms with Gasteiger partial charge in [-0.25, -0.2) is 14.8 Å². The van der Waals surface area contributed by atoms with Crippen LogP contribution in [0.2, 0.25) is 0 Å². The number of para-hydroxylation sites is 1. The van der Waals surface area contributed by atoms with Gasteiger partial charge in [0.2, 0.25) is 0 Å². The maximum Gasteiger partial charge on any atom is 0.344 e. The van der Waals surface area contributed by atoms with Crippen LogP contribution in [-0.4, -0.2) is 39.8 Å². The van der Waals surface area contributed by atoms with E-state index in [2.05, 4.69) is 27.9 Å². The average molecular weight is 490 g/mol. The van der Waals surface area contributed by atoms with Gasteiger partial charge in [-0.15, -0.1) is 0 Å². The molecule has 2 aromatic carbocycles. The summed E-state index contributed by atoms with van der Waals surface area (Å²) in [6.45, 7) is 8.10. The summed E-state index contributed by atoms with van der Waals surface area (Å²) in [4.78, 5) is 21.1. The van der Waals surface area contributed by atoms with E-state index in [4.69, 9.17) is 20.2 Å². The van der Waals surface area contributed by atoms with Gasteiger partial charge < -0.3 is 25.1 Å². The predicted molar refractivity (Wildman–Crippen MR) is 143 cm³/mol. The van der Waals surface area contributed by atoms with Crippen molar-refractivity contribution < 1.29 is 14.3 Å². The van der Waals surface area contributed by atoms with Crippen LogP contribution in [0, 0.1) is 0 Å². The number of pyridine rings is 1. The van der Waals surface area contributed by atoms with Crippen LogP contribution in [0.1, 0.15) is 45.0 Å². The van der Waals surface area contributed by atoms with Crippen LogP contribution < -0.4 is 15.8 Å². The Morgan fingerprint density at radius 3 is 2.78 bits per heavy atom. The largest absolute Gasteiger partial charge is 0.482 e. The highest BCUT2D eigenvalue weighted by molar-refractivity contribution is 6.06. The van der Waals surface area contributed by atoms with E-state index < -0.39 is 0 Å². The van der Waals surface area contributed by atoms with Gasteiger partial charge in [0.05, 0.1) is 17.1 Å². The summed E-state index contributed by atoms with van der Waals surface area (Å²) < 4.78 is 13.0. The molecule has 0 atom stereocenters. The number of nitrogen functional groups attached to an aromatic ring is 1. The standard InChI is InChI=1S/C28H35N5O3/c1-4-9-24-32-26-27(22-12-5-6-13-23(22)31-28(26)29)33(24)15-8-14-30-17-20-10-7-11-21(16-20)35-18-25(34)36-19(2)3/h5-7,10-13,16,19,30H,4,8-9,14-15,17-18H2,1-3H3,(H2,29,31). The number of hydrogen-bond acceptors (Lipinski definition) is 7. The molecule has 4 rings (SSSR count). The molecule has 0 unspecified atom stereocenters. The van der Waals surface area contributed by atoms with Crippen molar-refractivity contribution in [2.45, 2.75) is 59.2 Å². The van der Waals surface area contributed by atoms with E-state index in [0.29, 0.717) is 18.1 Å². The molecule has 4 aromatic rings. The number of aromatic nitrogens is 3. The Labute approximate surface area is 211 Å². The van der Waals surface area contributed by atoms with E-state index in [9.17, 15) is 4.79 Å². The third-order valence-corrected chi connectivity index (χ3v) is 5.85. The Morgan fingerprint density at radius 2 is 1.97 bits per heavy atom. The van der Waals surface area contributed by atoms with Gasteiger partial charge in [-0.3, -0.25) is 0 Å². The molecule has 0 aliphatic carbocycles. The molecule has 2 heterocycles. The van der Waals surface area contributed by atoms with Crippen molar-refractivity contribution in [3.63, 3.8) is 0 Å². The number of nitrogens with zero attached hydrogens (tertiary/aromatic N) is 3. The van der Waals surface area contributed by atoms with Crippen molar-refractivity contribution in [1.82, 2.24) is 19.9 Å². The van der Waals surface area contributed by atoms with E-state index in [1.807, 2.05) is 56.3 Å². The smallest absolute Gasteiger partial charge is 0.344 e. The van der Waals surface area contributed by atoms with Crippen LogP contribution in [-0.2, 0) is 29.0 Å². The zero-order valence-electron chi connectivity index (χ0n) is 21.3. The molecular weight excluding hydrogens is 454 g/mol. The molecule has 36 heavy (non-hydrogen) atoms. The highest BCUT2D eigenvalue weighted by Gasteiger charge is 2.16. The number of imidazole rings is 1.